The fourth-order valence-corrected chi connectivity index (χ4v) is 1.98. The molecule has 4 heteroatoms. The van der Waals surface area contributed by atoms with Gasteiger partial charge in [0.15, 0.2) is 5.92 Å². The normalized spacial score (nSPS) is 11.7. The van der Waals surface area contributed by atoms with Crippen molar-refractivity contribution in [1.29, 1.82) is 0 Å². The van der Waals surface area contributed by atoms with Crippen molar-refractivity contribution in [2.24, 2.45) is 0 Å². The molecule has 0 aliphatic rings. The smallest absolute Gasteiger partial charge is 0.330 e. The summed E-state index contributed by atoms with van der Waals surface area (Å²) in [5.74, 6) is -3.00. The van der Waals surface area contributed by atoms with Crippen LogP contribution in [0, 0.1) is 13.8 Å². The highest BCUT2D eigenvalue weighted by Gasteiger charge is 2.30. The average molecular weight is 284 g/mol. The minimum atomic E-state index is -1.33. The van der Waals surface area contributed by atoms with Gasteiger partial charge in [-0.2, -0.15) is 0 Å². The zero-order valence-corrected chi connectivity index (χ0v) is 11.9. The van der Waals surface area contributed by atoms with Crippen LogP contribution in [0.15, 0.2) is 48.5 Å². The Labute approximate surface area is 123 Å². The molecule has 0 aliphatic heterocycles. The maximum Gasteiger partial charge on any atom is 0.330 e. The van der Waals surface area contributed by atoms with Crippen molar-refractivity contribution in [3.8, 4) is 5.75 Å². The van der Waals surface area contributed by atoms with Crippen LogP contribution >= 0.6 is 0 Å². The van der Waals surface area contributed by atoms with Gasteiger partial charge in [-0.25, -0.2) is 0 Å². The first kappa shape index (κ1) is 14.8. The summed E-state index contributed by atoms with van der Waals surface area (Å²) in [6.45, 7) is 3.85. The number of carboxylic acid groups (broad SMARTS) is 1. The molecule has 2 aromatic rings. The van der Waals surface area contributed by atoms with Gasteiger partial charge in [0.05, 0.1) is 0 Å². The number of ether oxygens (including phenoxy) is 1. The molecule has 108 valence electrons. The molecule has 2 aromatic carbocycles. The predicted molar refractivity (Wildman–Crippen MR) is 78.4 cm³/mol. The molecule has 0 radical (unpaired) electrons. The Hall–Kier alpha value is -2.62. The summed E-state index contributed by atoms with van der Waals surface area (Å²) >= 11 is 0. The van der Waals surface area contributed by atoms with Gasteiger partial charge in [-0.05, 0) is 42.7 Å². The van der Waals surface area contributed by atoms with Crippen molar-refractivity contribution in [3.05, 3.63) is 65.2 Å². The molecule has 0 aliphatic carbocycles. The molecule has 0 aromatic heterocycles. The second-order valence-corrected chi connectivity index (χ2v) is 4.85. The quantitative estimate of drug-likeness (QED) is 0.532. The first-order chi connectivity index (χ1) is 9.99. The van der Waals surface area contributed by atoms with Crippen molar-refractivity contribution in [3.63, 3.8) is 0 Å². The van der Waals surface area contributed by atoms with E-state index in [1.54, 1.807) is 42.5 Å². The lowest BCUT2D eigenvalue weighted by atomic mass is 9.99. The van der Waals surface area contributed by atoms with Gasteiger partial charge in [0.25, 0.3) is 0 Å². The maximum absolute atomic E-state index is 12.1. The molecule has 2 rings (SSSR count). The first-order valence-corrected chi connectivity index (χ1v) is 6.55. The van der Waals surface area contributed by atoms with Crippen LogP contribution in [0.5, 0.6) is 5.75 Å². The highest BCUT2D eigenvalue weighted by Crippen LogP contribution is 2.22. The summed E-state index contributed by atoms with van der Waals surface area (Å²) in [6.07, 6.45) is 0. The largest absolute Gasteiger partial charge is 0.480 e. The second kappa shape index (κ2) is 6.22. The Morgan fingerprint density at radius 1 is 1.00 bits per heavy atom. The van der Waals surface area contributed by atoms with Gasteiger partial charge in [0.2, 0.25) is 0 Å². The number of carbonyl (C=O) groups is 2. The highest BCUT2D eigenvalue weighted by molar-refractivity contribution is 6.00. The van der Waals surface area contributed by atoms with Gasteiger partial charge in [-0.1, -0.05) is 36.4 Å². The van der Waals surface area contributed by atoms with E-state index in [4.69, 9.17) is 4.74 Å². The Kier molecular flexibility index (Phi) is 4.38. The molecule has 0 unspecified atom stereocenters. The van der Waals surface area contributed by atoms with Crippen LogP contribution in [0.25, 0.3) is 0 Å². The van der Waals surface area contributed by atoms with E-state index >= 15 is 0 Å². The van der Waals surface area contributed by atoms with Crippen LogP contribution in [0.2, 0.25) is 0 Å². The van der Waals surface area contributed by atoms with E-state index in [2.05, 4.69) is 0 Å². The zero-order chi connectivity index (χ0) is 15.4. The molecule has 0 saturated carbocycles. The Balaban J connectivity index is 2.24. The van der Waals surface area contributed by atoms with Crippen molar-refractivity contribution in [1.82, 2.24) is 0 Å². The SMILES string of the molecule is Cc1ccc(OC(=O)[C@@H](C(=O)O)c2ccccc2)cc1C. The summed E-state index contributed by atoms with van der Waals surface area (Å²) < 4.78 is 5.21. The number of aliphatic carboxylic acids is 1. The number of hydrogen-bond donors (Lipinski definition) is 1. The number of benzene rings is 2. The van der Waals surface area contributed by atoms with Crippen LogP contribution in [0.1, 0.15) is 22.6 Å². The van der Waals surface area contributed by atoms with Gasteiger partial charge in [0, 0.05) is 0 Å². The Morgan fingerprint density at radius 3 is 2.24 bits per heavy atom. The minimum absolute atomic E-state index is 0.352. The fraction of sp³-hybridized carbons (Fsp3) is 0.176. The van der Waals surface area contributed by atoms with E-state index in [-0.39, 0.29) is 0 Å². The Bertz CT molecular complexity index is 662. The zero-order valence-electron chi connectivity index (χ0n) is 11.9. The molecular formula is C17H16O4. The number of esters is 1. The van der Waals surface area contributed by atoms with Crippen molar-refractivity contribution < 1.29 is 19.4 Å². The van der Waals surface area contributed by atoms with Crippen LogP contribution in [0.4, 0.5) is 0 Å². The maximum atomic E-state index is 12.1. The van der Waals surface area contributed by atoms with E-state index in [1.165, 1.54) is 0 Å². The summed E-state index contributed by atoms with van der Waals surface area (Å²) in [7, 11) is 0. The molecule has 1 N–H and O–H groups in total. The molecule has 21 heavy (non-hydrogen) atoms. The van der Waals surface area contributed by atoms with Gasteiger partial charge in [-0.15, -0.1) is 0 Å². The molecule has 0 bridgehead atoms. The van der Waals surface area contributed by atoms with Gasteiger partial charge in [-0.3, -0.25) is 9.59 Å². The summed E-state index contributed by atoms with van der Waals surface area (Å²) in [6, 6.07) is 13.5. The van der Waals surface area contributed by atoms with Crippen LogP contribution < -0.4 is 4.74 Å². The third-order valence-electron chi connectivity index (χ3n) is 3.31. The topological polar surface area (TPSA) is 63.6 Å². The monoisotopic (exact) mass is 284 g/mol. The van der Waals surface area contributed by atoms with E-state index in [0.717, 1.165) is 11.1 Å². The molecule has 0 amide bonds. The first-order valence-electron chi connectivity index (χ1n) is 6.55. The molecule has 0 fully saturated rings. The molecule has 1 atom stereocenters. The number of carboxylic acids is 1. The standard InChI is InChI=1S/C17H16O4/c1-11-8-9-14(10-12(11)2)21-17(20)15(16(18)19)13-6-4-3-5-7-13/h3-10,15H,1-2H3,(H,18,19)/t15-/m1/s1. The van der Waals surface area contributed by atoms with Crippen molar-refractivity contribution in [2.45, 2.75) is 19.8 Å². The number of hydrogen-bond acceptors (Lipinski definition) is 3. The van der Waals surface area contributed by atoms with Gasteiger partial charge < -0.3 is 9.84 Å². The number of carbonyl (C=O) groups excluding carboxylic acids is 1. The molecule has 0 saturated heterocycles. The third kappa shape index (κ3) is 3.48. The number of aryl methyl sites for hydroxylation is 2. The summed E-state index contributed by atoms with van der Waals surface area (Å²) in [5, 5.41) is 9.27. The summed E-state index contributed by atoms with van der Waals surface area (Å²) in [4.78, 5) is 23.5. The van der Waals surface area contributed by atoms with Gasteiger partial charge >= 0.3 is 11.9 Å². The lowest BCUT2D eigenvalue weighted by Gasteiger charge is -2.13. The van der Waals surface area contributed by atoms with E-state index in [0.29, 0.717) is 11.3 Å². The predicted octanol–water partition coefficient (Wildman–Crippen LogP) is 3.08. The van der Waals surface area contributed by atoms with Crippen LogP contribution in [-0.2, 0) is 9.59 Å². The van der Waals surface area contributed by atoms with Crippen molar-refractivity contribution in [2.75, 3.05) is 0 Å². The Morgan fingerprint density at radius 2 is 1.67 bits per heavy atom. The molecule has 0 heterocycles. The lowest BCUT2D eigenvalue weighted by Crippen LogP contribution is -2.26. The molecular weight excluding hydrogens is 268 g/mol. The molecule has 4 nitrogen and oxygen atoms in total. The number of rotatable bonds is 4. The minimum Gasteiger partial charge on any atom is -0.480 e. The van der Waals surface area contributed by atoms with Crippen LogP contribution in [0.3, 0.4) is 0 Å². The van der Waals surface area contributed by atoms with E-state index in [9.17, 15) is 14.7 Å². The van der Waals surface area contributed by atoms with Gasteiger partial charge in [0.1, 0.15) is 5.75 Å². The lowest BCUT2D eigenvalue weighted by molar-refractivity contribution is -0.148. The second-order valence-electron chi connectivity index (χ2n) is 4.85. The van der Waals surface area contributed by atoms with Crippen molar-refractivity contribution >= 4 is 11.9 Å². The average Bonchev–Trinajstić information content (AvgIpc) is 2.44. The fourth-order valence-electron chi connectivity index (χ4n) is 1.98. The third-order valence-corrected chi connectivity index (χ3v) is 3.31. The summed E-state index contributed by atoms with van der Waals surface area (Å²) in [5.41, 5.74) is 2.46. The van der Waals surface area contributed by atoms with E-state index in [1.807, 2.05) is 19.9 Å². The molecule has 0 spiro atoms. The van der Waals surface area contributed by atoms with Crippen LogP contribution in [-0.4, -0.2) is 17.0 Å². The highest BCUT2D eigenvalue weighted by atomic mass is 16.5. The van der Waals surface area contributed by atoms with E-state index < -0.39 is 17.9 Å².